The lowest BCUT2D eigenvalue weighted by Gasteiger charge is -1.93. The van der Waals surface area contributed by atoms with Gasteiger partial charge in [-0.1, -0.05) is 0 Å². The van der Waals surface area contributed by atoms with Crippen molar-refractivity contribution in [3.8, 4) is 0 Å². The third kappa shape index (κ3) is 1.85. The van der Waals surface area contributed by atoms with E-state index in [4.69, 9.17) is 0 Å². The van der Waals surface area contributed by atoms with Crippen molar-refractivity contribution in [1.82, 2.24) is 4.98 Å². The molecule has 0 aromatic carbocycles. The number of carbonyl (C=O) groups is 1. The van der Waals surface area contributed by atoms with E-state index in [1.54, 1.807) is 0 Å². The molecule has 0 saturated carbocycles. The second kappa shape index (κ2) is 3.56. The van der Waals surface area contributed by atoms with E-state index in [-0.39, 0.29) is 12.1 Å². The third-order valence-electron chi connectivity index (χ3n) is 1.31. The van der Waals surface area contributed by atoms with Crippen LogP contribution >= 0.6 is 0 Å². The van der Waals surface area contributed by atoms with Crippen LogP contribution in [0.1, 0.15) is 5.56 Å². The van der Waals surface area contributed by atoms with E-state index < -0.39 is 4.92 Å². The van der Waals surface area contributed by atoms with Gasteiger partial charge in [-0.3, -0.25) is 15.1 Å². The molecule has 0 atom stereocenters. The fourth-order valence-electron chi connectivity index (χ4n) is 0.782. The standard InChI is InChI=1S/C7H6N2O3/c10-2-1-6-3-7(9(11)12)5-8-4-6/h2-5H,1H2. The number of nitro groups is 1. The molecule has 0 fully saturated rings. The SMILES string of the molecule is O=CCc1cncc([N+](=O)[O-])c1. The zero-order chi connectivity index (χ0) is 8.97. The number of hydrogen-bond acceptors (Lipinski definition) is 4. The topological polar surface area (TPSA) is 73.1 Å². The van der Waals surface area contributed by atoms with E-state index >= 15 is 0 Å². The highest BCUT2D eigenvalue weighted by atomic mass is 16.6. The van der Waals surface area contributed by atoms with E-state index in [0.29, 0.717) is 11.8 Å². The van der Waals surface area contributed by atoms with Gasteiger partial charge in [-0.05, 0) is 5.56 Å². The van der Waals surface area contributed by atoms with E-state index in [0.717, 1.165) is 6.20 Å². The molecule has 0 aliphatic heterocycles. The van der Waals surface area contributed by atoms with Crippen molar-refractivity contribution in [3.05, 3.63) is 34.1 Å². The molecule has 1 aromatic rings. The number of aldehydes is 1. The Hall–Kier alpha value is -1.78. The summed E-state index contributed by atoms with van der Waals surface area (Å²) in [6.07, 6.45) is 3.42. The predicted octanol–water partition coefficient (Wildman–Crippen LogP) is 0.731. The summed E-state index contributed by atoms with van der Waals surface area (Å²) in [5.41, 5.74) is 0.466. The van der Waals surface area contributed by atoms with Crippen molar-refractivity contribution in [2.75, 3.05) is 0 Å². The zero-order valence-electron chi connectivity index (χ0n) is 6.14. The predicted molar refractivity (Wildman–Crippen MR) is 40.7 cm³/mol. The van der Waals surface area contributed by atoms with Gasteiger partial charge in [0.25, 0.3) is 5.69 Å². The van der Waals surface area contributed by atoms with Gasteiger partial charge < -0.3 is 4.79 Å². The molecule has 5 heteroatoms. The molecule has 5 nitrogen and oxygen atoms in total. The molecule has 0 aliphatic rings. The van der Waals surface area contributed by atoms with Gasteiger partial charge in [0.2, 0.25) is 0 Å². The van der Waals surface area contributed by atoms with Crippen LogP contribution in [0, 0.1) is 10.1 Å². The Bertz CT molecular complexity index is 311. The maximum absolute atomic E-state index is 10.2. The van der Waals surface area contributed by atoms with Crippen molar-refractivity contribution >= 4 is 12.0 Å². The molecule has 0 amide bonds. The van der Waals surface area contributed by atoms with Crippen LogP contribution in [0.15, 0.2) is 18.5 Å². The van der Waals surface area contributed by atoms with E-state index in [9.17, 15) is 14.9 Å². The van der Waals surface area contributed by atoms with Crippen LogP contribution in [-0.4, -0.2) is 16.2 Å². The fraction of sp³-hybridized carbons (Fsp3) is 0.143. The van der Waals surface area contributed by atoms with Gasteiger partial charge in [-0.15, -0.1) is 0 Å². The molecule has 0 unspecified atom stereocenters. The molecule has 0 N–H and O–H groups in total. The third-order valence-corrected chi connectivity index (χ3v) is 1.31. The molecular weight excluding hydrogens is 160 g/mol. The van der Waals surface area contributed by atoms with Crippen LogP contribution in [0.5, 0.6) is 0 Å². The summed E-state index contributed by atoms with van der Waals surface area (Å²) in [5, 5.41) is 10.2. The minimum Gasteiger partial charge on any atom is -0.303 e. The molecule has 1 heterocycles. The second-order valence-electron chi connectivity index (χ2n) is 2.18. The molecule has 0 radical (unpaired) electrons. The zero-order valence-corrected chi connectivity index (χ0v) is 6.14. The average molecular weight is 166 g/mol. The maximum atomic E-state index is 10.2. The van der Waals surface area contributed by atoms with Crippen molar-refractivity contribution in [3.63, 3.8) is 0 Å². The minimum atomic E-state index is -0.540. The molecule has 0 aliphatic carbocycles. The number of pyridine rings is 1. The van der Waals surface area contributed by atoms with Crippen LogP contribution in [0.2, 0.25) is 0 Å². The van der Waals surface area contributed by atoms with E-state index in [1.807, 2.05) is 0 Å². The van der Waals surface area contributed by atoms with Crippen LogP contribution in [0.3, 0.4) is 0 Å². The molecule has 0 saturated heterocycles. The molecule has 0 bridgehead atoms. The quantitative estimate of drug-likeness (QED) is 0.377. The van der Waals surface area contributed by atoms with Gasteiger partial charge in [-0.25, -0.2) is 0 Å². The molecule has 12 heavy (non-hydrogen) atoms. The van der Waals surface area contributed by atoms with Crippen molar-refractivity contribution < 1.29 is 9.72 Å². The first kappa shape index (κ1) is 8.32. The van der Waals surface area contributed by atoms with Gasteiger partial charge in [0.1, 0.15) is 12.5 Å². The van der Waals surface area contributed by atoms with Crippen LogP contribution in [0.25, 0.3) is 0 Å². The smallest absolute Gasteiger partial charge is 0.287 e. The summed E-state index contributed by atoms with van der Waals surface area (Å²) in [7, 11) is 0. The van der Waals surface area contributed by atoms with Gasteiger partial charge in [0, 0.05) is 18.7 Å². The first-order chi connectivity index (χ1) is 5.74. The number of aromatic nitrogens is 1. The van der Waals surface area contributed by atoms with Crippen molar-refractivity contribution in [1.29, 1.82) is 0 Å². The van der Waals surface area contributed by atoms with Gasteiger partial charge in [0.05, 0.1) is 4.92 Å². The maximum Gasteiger partial charge on any atom is 0.287 e. The highest BCUT2D eigenvalue weighted by molar-refractivity contribution is 5.55. The fourth-order valence-corrected chi connectivity index (χ4v) is 0.782. The Labute approximate surface area is 68.2 Å². The Balaban J connectivity index is 2.95. The van der Waals surface area contributed by atoms with Crippen molar-refractivity contribution in [2.45, 2.75) is 6.42 Å². The molecule has 0 spiro atoms. The Morgan fingerprint density at radius 3 is 2.92 bits per heavy atom. The number of hydrogen-bond donors (Lipinski definition) is 0. The minimum absolute atomic E-state index is 0.0886. The Kier molecular flexibility index (Phi) is 2.47. The van der Waals surface area contributed by atoms with E-state index in [1.165, 1.54) is 12.3 Å². The summed E-state index contributed by atoms with van der Waals surface area (Å²) in [4.78, 5) is 23.4. The first-order valence-electron chi connectivity index (χ1n) is 3.26. The van der Waals surface area contributed by atoms with Crippen LogP contribution < -0.4 is 0 Å². The second-order valence-corrected chi connectivity index (χ2v) is 2.18. The average Bonchev–Trinajstić information content (AvgIpc) is 2.05. The van der Waals surface area contributed by atoms with Crippen molar-refractivity contribution in [2.24, 2.45) is 0 Å². The van der Waals surface area contributed by atoms with Crippen LogP contribution in [-0.2, 0) is 11.2 Å². The Morgan fingerprint density at radius 1 is 1.58 bits per heavy atom. The Morgan fingerprint density at radius 2 is 2.33 bits per heavy atom. The summed E-state index contributed by atoms with van der Waals surface area (Å²) in [6, 6.07) is 1.33. The van der Waals surface area contributed by atoms with E-state index in [2.05, 4.69) is 4.98 Å². The summed E-state index contributed by atoms with van der Waals surface area (Å²) >= 11 is 0. The van der Waals surface area contributed by atoms with Gasteiger partial charge >= 0.3 is 0 Å². The number of carbonyl (C=O) groups excluding carboxylic acids is 1. The van der Waals surface area contributed by atoms with Gasteiger partial charge in [0.15, 0.2) is 0 Å². The number of rotatable bonds is 3. The highest BCUT2D eigenvalue weighted by Crippen LogP contribution is 2.10. The lowest BCUT2D eigenvalue weighted by atomic mass is 10.2. The lowest BCUT2D eigenvalue weighted by molar-refractivity contribution is -0.385. The summed E-state index contributed by atoms with van der Waals surface area (Å²) < 4.78 is 0. The molecule has 62 valence electrons. The number of nitrogens with zero attached hydrogens (tertiary/aromatic N) is 2. The highest BCUT2D eigenvalue weighted by Gasteiger charge is 2.05. The van der Waals surface area contributed by atoms with Crippen LogP contribution in [0.4, 0.5) is 5.69 Å². The monoisotopic (exact) mass is 166 g/mol. The molecule has 1 rings (SSSR count). The summed E-state index contributed by atoms with van der Waals surface area (Å²) in [5.74, 6) is 0. The normalized spacial score (nSPS) is 9.33. The molecular formula is C7H6N2O3. The first-order valence-corrected chi connectivity index (χ1v) is 3.26. The van der Waals surface area contributed by atoms with Gasteiger partial charge in [-0.2, -0.15) is 0 Å². The lowest BCUT2D eigenvalue weighted by Crippen LogP contribution is -1.92. The molecule has 1 aromatic heterocycles. The largest absolute Gasteiger partial charge is 0.303 e. The summed E-state index contributed by atoms with van der Waals surface area (Å²) in [6.45, 7) is 0.